The molecule has 7 heteroatoms. The Morgan fingerprint density at radius 2 is 2.03 bits per heavy atom. The summed E-state index contributed by atoms with van der Waals surface area (Å²) in [5.74, 6) is -0.154. The molecule has 0 spiro atoms. The van der Waals surface area contributed by atoms with E-state index in [-0.39, 0.29) is 35.8 Å². The van der Waals surface area contributed by atoms with E-state index in [4.69, 9.17) is 16.3 Å². The van der Waals surface area contributed by atoms with Gasteiger partial charge in [-0.3, -0.25) is 9.59 Å². The largest absolute Gasteiger partial charge is 0.378 e. The van der Waals surface area contributed by atoms with Crippen LogP contribution in [0.1, 0.15) is 62.9 Å². The SMILES string of the molecule is CCN(c1cc(Cl)cc(C(=O)NCC2C(=O)NC(C)CC2C)c1C)C1CCOC(C)C1. The molecule has 172 valence electrons. The molecule has 2 fully saturated rings. The van der Waals surface area contributed by atoms with Crippen molar-refractivity contribution in [3.63, 3.8) is 0 Å². The summed E-state index contributed by atoms with van der Waals surface area (Å²) in [6.45, 7) is 12.2. The molecule has 0 bridgehead atoms. The molecular weight excluding hydrogens is 414 g/mol. The van der Waals surface area contributed by atoms with Gasteiger partial charge in [-0.15, -0.1) is 0 Å². The molecule has 2 amide bonds. The number of carbonyl (C=O) groups excluding carboxylic acids is 2. The van der Waals surface area contributed by atoms with Gasteiger partial charge in [0.15, 0.2) is 0 Å². The molecule has 31 heavy (non-hydrogen) atoms. The van der Waals surface area contributed by atoms with Gasteiger partial charge >= 0.3 is 0 Å². The summed E-state index contributed by atoms with van der Waals surface area (Å²) in [4.78, 5) is 27.8. The van der Waals surface area contributed by atoms with Crippen LogP contribution in [0.5, 0.6) is 0 Å². The highest BCUT2D eigenvalue weighted by atomic mass is 35.5. The number of ether oxygens (including phenoxy) is 1. The van der Waals surface area contributed by atoms with Crippen molar-refractivity contribution in [2.45, 2.75) is 72.1 Å². The molecule has 0 aromatic heterocycles. The Labute approximate surface area is 191 Å². The van der Waals surface area contributed by atoms with Gasteiger partial charge in [0.05, 0.1) is 12.0 Å². The van der Waals surface area contributed by atoms with Crippen molar-refractivity contribution in [2.24, 2.45) is 11.8 Å². The molecule has 2 heterocycles. The molecule has 0 radical (unpaired) electrons. The fraction of sp³-hybridized carbons (Fsp3) is 0.667. The molecule has 2 aliphatic rings. The van der Waals surface area contributed by atoms with E-state index in [1.54, 1.807) is 6.07 Å². The highest BCUT2D eigenvalue weighted by molar-refractivity contribution is 6.31. The van der Waals surface area contributed by atoms with Gasteiger partial charge in [-0.25, -0.2) is 0 Å². The zero-order valence-electron chi connectivity index (χ0n) is 19.3. The Hall–Kier alpha value is -1.79. The predicted molar refractivity (Wildman–Crippen MR) is 125 cm³/mol. The predicted octanol–water partition coefficient (Wildman–Crippen LogP) is 3.93. The van der Waals surface area contributed by atoms with E-state index >= 15 is 0 Å². The van der Waals surface area contributed by atoms with Gasteiger partial charge in [-0.2, -0.15) is 0 Å². The first-order valence-corrected chi connectivity index (χ1v) is 11.9. The summed E-state index contributed by atoms with van der Waals surface area (Å²) in [7, 11) is 0. The van der Waals surface area contributed by atoms with Crippen LogP contribution in [0.4, 0.5) is 5.69 Å². The first-order valence-electron chi connectivity index (χ1n) is 11.5. The molecule has 5 unspecified atom stereocenters. The molecule has 3 rings (SSSR count). The maximum absolute atomic E-state index is 13.1. The van der Waals surface area contributed by atoms with E-state index in [0.717, 1.165) is 43.7 Å². The fourth-order valence-corrected chi connectivity index (χ4v) is 5.27. The molecule has 2 aliphatic heterocycles. The summed E-state index contributed by atoms with van der Waals surface area (Å²) < 4.78 is 5.72. The number of benzene rings is 1. The third-order valence-corrected chi connectivity index (χ3v) is 6.98. The van der Waals surface area contributed by atoms with Crippen LogP contribution < -0.4 is 15.5 Å². The van der Waals surface area contributed by atoms with Crippen molar-refractivity contribution in [3.8, 4) is 0 Å². The molecule has 0 saturated carbocycles. The highest BCUT2D eigenvalue weighted by Gasteiger charge is 2.33. The lowest BCUT2D eigenvalue weighted by Crippen LogP contribution is -2.50. The number of amides is 2. The van der Waals surface area contributed by atoms with E-state index in [0.29, 0.717) is 23.2 Å². The van der Waals surface area contributed by atoms with E-state index < -0.39 is 0 Å². The summed E-state index contributed by atoms with van der Waals surface area (Å²) in [6, 6.07) is 4.22. The van der Waals surface area contributed by atoms with Crippen LogP contribution in [-0.2, 0) is 9.53 Å². The second-order valence-corrected chi connectivity index (χ2v) is 9.62. The van der Waals surface area contributed by atoms with Crippen LogP contribution in [0.3, 0.4) is 0 Å². The minimum Gasteiger partial charge on any atom is -0.378 e. The Kier molecular flexibility index (Phi) is 7.87. The van der Waals surface area contributed by atoms with Crippen LogP contribution in [-0.4, -0.2) is 49.7 Å². The van der Waals surface area contributed by atoms with Gasteiger partial charge in [0.25, 0.3) is 5.91 Å². The molecule has 1 aromatic rings. The number of hydrogen-bond donors (Lipinski definition) is 2. The molecule has 0 aliphatic carbocycles. The normalized spacial score (nSPS) is 28.7. The summed E-state index contributed by atoms with van der Waals surface area (Å²) >= 11 is 6.45. The van der Waals surface area contributed by atoms with Crippen molar-refractivity contribution in [3.05, 3.63) is 28.3 Å². The van der Waals surface area contributed by atoms with Crippen LogP contribution >= 0.6 is 11.6 Å². The van der Waals surface area contributed by atoms with Gasteiger partial charge in [0.2, 0.25) is 5.91 Å². The van der Waals surface area contributed by atoms with Crippen molar-refractivity contribution >= 4 is 29.1 Å². The lowest BCUT2D eigenvalue weighted by Gasteiger charge is -2.38. The molecule has 6 nitrogen and oxygen atoms in total. The van der Waals surface area contributed by atoms with E-state index in [1.165, 1.54) is 0 Å². The Balaban J connectivity index is 1.77. The number of hydrogen-bond acceptors (Lipinski definition) is 4. The molecular formula is C24H36ClN3O3. The fourth-order valence-electron chi connectivity index (χ4n) is 5.06. The Bertz CT molecular complexity index is 816. The number of nitrogens with one attached hydrogen (secondary N) is 2. The first kappa shape index (κ1) is 23.9. The van der Waals surface area contributed by atoms with Crippen molar-refractivity contribution in [1.82, 2.24) is 10.6 Å². The van der Waals surface area contributed by atoms with Gasteiger partial charge < -0.3 is 20.3 Å². The number of nitrogens with zero attached hydrogens (tertiary/aromatic N) is 1. The monoisotopic (exact) mass is 449 g/mol. The average molecular weight is 450 g/mol. The summed E-state index contributed by atoms with van der Waals surface area (Å²) in [5, 5.41) is 6.52. The van der Waals surface area contributed by atoms with Gasteiger partial charge in [-0.05, 0) is 70.6 Å². The Morgan fingerprint density at radius 1 is 1.29 bits per heavy atom. The minimum atomic E-state index is -0.213. The lowest BCUT2D eigenvalue weighted by atomic mass is 9.84. The highest BCUT2D eigenvalue weighted by Crippen LogP contribution is 2.32. The van der Waals surface area contributed by atoms with Gasteiger partial charge in [-0.1, -0.05) is 18.5 Å². The average Bonchev–Trinajstić information content (AvgIpc) is 2.70. The van der Waals surface area contributed by atoms with Gasteiger partial charge in [0, 0.05) is 48.1 Å². The third-order valence-electron chi connectivity index (χ3n) is 6.76. The van der Waals surface area contributed by atoms with E-state index in [2.05, 4.69) is 36.3 Å². The topological polar surface area (TPSA) is 70.7 Å². The second-order valence-electron chi connectivity index (χ2n) is 9.18. The first-order chi connectivity index (χ1) is 14.7. The summed E-state index contributed by atoms with van der Waals surface area (Å²) in [5.41, 5.74) is 2.48. The number of carbonyl (C=O) groups is 2. The quantitative estimate of drug-likeness (QED) is 0.690. The van der Waals surface area contributed by atoms with Crippen molar-refractivity contribution < 1.29 is 14.3 Å². The second kappa shape index (κ2) is 10.2. The molecule has 5 atom stereocenters. The van der Waals surface area contributed by atoms with Crippen LogP contribution in [0.2, 0.25) is 5.02 Å². The lowest BCUT2D eigenvalue weighted by molar-refractivity contribution is -0.129. The number of halogens is 1. The number of piperidine rings is 1. The van der Waals surface area contributed by atoms with Crippen molar-refractivity contribution in [1.29, 1.82) is 0 Å². The molecule has 2 N–H and O–H groups in total. The maximum Gasteiger partial charge on any atom is 0.251 e. The van der Waals surface area contributed by atoms with Crippen LogP contribution in [0.15, 0.2) is 12.1 Å². The smallest absolute Gasteiger partial charge is 0.251 e. The third kappa shape index (κ3) is 5.53. The van der Waals surface area contributed by atoms with Gasteiger partial charge in [0.1, 0.15) is 0 Å². The molecule has 2 saturated heterocycles. The number of rotatable bonds is 6. The zero-order chi connectivity index (χ0) is 22.7. The number of anilines is 1. The van der Waals surface area contributed by atoms with Crippen LogP contribution in [0.25, 0.3) is 0 Å². The van der Waals surface area contributed by atoms with E-state index in [9.17, 15) is 9.59 Å². The standard InChI is InChI=1S/C24H36ClN3O3/c1-6-28(19-7-8-31-16(4)10-19)22-12-18(25)11-20(17(22)5)23(29)26-13-21-14(2)9-15(3)27-24(21)30/h11-12,14-16,19,21H,6-10,13H2,1-5H3,(H,26,29)(H,27,30). The maximum atomic E-state index is 13.1. The zero-order valence-corrected chi connectivity index (χ0v) is 20.1. The molecule has 1 aromatic carbocycles. The van der Waals surface area contributed by atoms with Crippen molar-refractivity contribution in [2.75, 3.05) is 24.6 Å². The Morgan fingerprint density at radius 3 is 2.68 bits per heavy atom. The summed E-state index contributed by atoms with van der Waals surface area (Å²) in [6.07, 6.45) is 3.05. The van der Waals surface area contributed by atoms with E-state index in [1.807, 2.05) is 19.9 Å². The minimum absolute atomic E-state index is 0.0147. The van der Waals surface area contributed by atoms with Crippen LogP contribution in [0, 0.1) is 18.8 Å².